The van der Waals surface area contributed by atoms with Gasteiger partial charge in [0.05, 0.1) is 5.75 Å². The second-order valence-electron chi connectivity index (χ2n) is 8.36. The zero-order chi connectivity index (χ0) is 22.1. The molecule has 2 aromatic rings. The van der Waals surface area contributed by atoms with Gasteiger partial charge in [0, 0.05) is 22.3 Å². The molecule has 1 atom stereocenters. The molecular weight excluding hydrogens is 460 g/mol. The van der Waals surface area contributed by atoms with Crippen molar-refractivity contribution in [1.82, 2.24) is 10.2 Å². The van der Waals surface area contributed by atoms with Gasteiger partial charge in [-0.05, 0) is 57.4 Å². The highest BCUT2D eigenvalue weighted by Crippen LogP contribution is 2.17. The first-order chi connectivity index (χ1) is 14.2. The van der Waals surface area contributed by atoms with Gasteiger partial charge in [0.1, 0.15) is 6.04 Å². The largest absolute Gasteiger partial charge is 0.350 e. The monoisotopic (exact) mass is 490 g/mol. The minimum Gasteiger partial charge on any atom is -0.350 e. The number of amides is 2. The maximum absolute atomic E-state index is 13.0. The van der Waals surface area contributed by atoms with Gasteiger partial charge in [0.25, 0.3) is 0 Å². The van der Waals surface area contributed by atoms with Crippen LogP contribution in [0.2, 0.25) is 0 Å². The molecule has 0 aliphatic rings. The van der Waals surface area contributed by atoms with E-state index in [4.69, 9.17) is 0 Å². The van der Waals surface area contributed by atoms with Gasteiger partial charge in [-0.15, -0.1) is 11.8 Å². The van der Waals surface area contributed by atoms with E-state index in [-0.39, 0.29) is 17.4 Å². The van der Waals surface area contributed by atoms with Crippen LogP contribution in [-0.4, -0.2) is 40.6 Å². The number of thioether (sulfide) groups is 1. The predicted molar refractivity (Wildman–Crippen MR) is 130 cm³/mol. The van der Waals surface area contributed by atoms with Crippen molar-refractivity contribution in [3.05, 3.63) is 70.2 Å². The molecule has 4 nitrogen and oxygen atoms in total. The van der Waals surface area contributed by atoms with E-state index in [9.17, 15) is 9.59 Å². The molecule has 0 saturated heterocycles. The summed E-state index contributed by atoms with van der Waals surface area (Å²) in [5.41, 5.74) is 1.99. The van der Waals surface area contributed by atoms with Crippen LogP contribution >= 0.6 is 27.7 Å². The Morgan fingerprint density at radius 1 is 1.03 bits per heavy atom. The van der Waals surface area contributed by atoms with Crippen LogP contribution in [0.3, 0.4) is 0 Å². The normalized spacial score (nSPS) is 12.3. The number of hydrogen-bond donors (Lipinski definition) is 1. The Morgan fingerprint density at radius 2 is 1.67 bits per heavy atom. The lowest BCUT2D eigenvalue weighted by Gasteiger charge is -2.31. The topological polar surface area (TPSA) is 49.4 Å². The molecule has 0 aliphatic carbocycles. The summed E-state index contributed by atoms with van der Waals surface area (Å²) < 4.78 is 1.04. The number of halogens is 1. The average Bonchev–Trinajstić information content (AvgIpc) is 2.69. The predicted octanol–water partition coefficient (Wildman–Crippen LogP) is 5.06. The van der Waals surface area contributed by atoms with Crippen molar-refractivity contribution in [3.63, 3.8) is 0 Å². The second-order valence-corrected chi connectivity index (χ2v) is 10.3. The summed E-state index contributed by atoms with van der Waals surface area (Å²) in [5.74, 6) is 0.970. The Balaban J connectivity index is 2.01. The van der Waals surface area contributed by atoms with Gasteiger partial charge in [-0.25, -0.2) is 0 Å². The van der Waals surface area contributed by atoms with Crippen LogP contribution < -0.4 is 5.32 Å². The molecule has 0 spiro atoms. The first kappa shape index (κ1) is 24.5. The van der Waals surface area contributed by atoms with Gasteiger partial charge in [-0.1, -0.05) is 58.4 Å². The molecule has 0 bridgehead atoms. The molecule has 30 heavy (non-hydrogen) atoms. The van der Waals surface area contributed by atoms with Gasteiger partial charge in [0.2, 0.25) is 11.8 Å². The van der Waals surface area contributed by atoms with Crippen molar-refractivity contribution in [2.75, 3.05) is 12.3 Å². The van der Waals surface area contributed by atoms with Crippen LogP contribution in [0.4, 0.5) is 0 Å². The number of hydrogen-bond acceptors (Lipinski definition) is 3. The first-order valence-electron chi connectivity index (χ1n) is 10.1. The Labute approximate surface area is 192 Å². The molecule has 0 radical (unpaired) electrons. The summed E-state index contributed by atoms with van der Waals surface area (Å²) in [6.45, 7) is 8.16. The second kappa shape index (κ2) is 11.6. The fourth-order valence-electron chi connectivity index (χ4n) is 2.96. The number of nitrogens with one attached hydrogen (secondary N) is 1. The van der Waals surface area contributed by atoms with Gasteiger partial charge in [0.15, 0.2) is 0 Å². The smallest absolute Gasteiger partial charge is 0.242 e. The molecule has 2 amide bonds. The van der Waals surface area contributed by atoms with Gasteiger partial charge >= 0.3 is 0 Å². The maximum Gasteiger partial charge on any atom is 0.242 e. The SMILES string of the molecule is C[C@@H](C(=O)NC(C)(C)C)N(CCc1ccccc1)C(=O)CSCc1ccc(Br)cc1. The van der Waals surface area contributed by atoms with Crippen molar-refractivity contribution in [2.45, 2.75) is 51.4 Å². The molecule has 2 rings (SSSR count). The Hall–Kier alpha value is -1.79. The molecule has 1 N–H and O–H groups in total. The van der Waals surface area contributed by atoms with E-state index in [1.54, 1.807) is 16.7 Å². The quantitative estimate of drug-likeness (QED) is 0.534. The summed E-state index contributed by atoms with van der Waals surface area (Å²) >= 11 is 5.01. The molecule has 2 aromatic carbocycles. The van der Waals surface area contributed by atoms with Gasteiger partial charge in [-0.2, -0.15) is 0 Å². The highest BCUT2D eigenvalue weighted by atomic mass is 79.9. The maximum atomic E-state index is 13.0. The summed E-state index contributed by atoms with van der Waals surface area (Å²) in [5, 5.41) is 3.00. The number of nitrogens with zero attached hydrogens (tertiary/aromatic N) is 1. The Bertz CT molecular complexity index is 819. The van der Waals surface area contributed by atoms with Crippen molar-refractivity contribution in [1.29, 1.82) is 0 Å². The van der Waals surface area contributed by atoms with E-state index in [1.165, 1.54) is 5.56 Å². The van der Waals surface area contributed by atoms with Crippen LogP contribution in [0.25, 0.3) is 0 Å². The minimum absolute atomic E-state index is 0.00963. The summed E-state index contributed by atoms with van der Waals surface area (Å²) in [6, 6.07) is 17.6. The number of carbonyl (C=O) groups is 2. The molecule has 0 aromatic heterocycles. The third-order valence-electron chi connectivity index (χ3n) is 4.56. The number of rotatable bonds is 9. The number of benzene rings is 2. The standard InChI is InChI=1S/C24H31BrN2O2S/c1-18(23(29)26-24(2,3)4)27(15-14-19-8-6-5-7-9-19)22(28)17-30-16-20-10-12-21(25)13-11-20/h5-13,18H,14-17H2,1-4H3,(H,26,29)/t18-/m0/s1. The molecule has 6 heteroatoms. The lowest BCUT2D eigenvalue weighted by molar-refractivity contribution is -0.138. The number of carbonyl (C=O) groups excluding carboxylic acids is 2. The third kappa shape index (κ3) is 8.52. The van der Waals surface area contributed by atoms with Crippen molar-refractivity contribution in [3.8, 4) is 0 Å². The zero-order valence-corrected chi connectivity index (χ0v) is 20.6. The molecule has 0 heterocycles. The van der Waals surface area contributed by atoms with Gasteiger partial charge in [-0.3, -0.25) is 9.59 Å². The molecule has 0 aliphatic heterocycles. The van der Waals surface area contributed by atoms with E-state index in [0.717, 1.165) is 22.2 Å². The summed E-state index contributed by atoms with van der Waals surface area (Å²) in [4.78, 5) is 27.5. The molecular formula is C24H31BrN2O2S. The van der Waals surface area contributed by atoms with E-state index in [0.29, 0.717) is 12.3 Å². The van der Waals surface area contributed by atoms with Crippen molar-refractivity contribution in [2.24, 2.45) is 0 Å². The molecule has 0 saturated carbocycles. The lowest BCUT2D eigenvalue weighted by atomic mass is 10.1. The summed E-state index contributed by atoms with van der Waals surface area (Å²) in [6.07, 6.45) is 0.719. The molecule has 0 unspecified atom stereocenters. The van der Waals surface area contributed by atoms with Crippen LogP contribution in [0.15, 0.2) is 59.1 Å². The van der Waals surface area contributed by atoms with Crippen molar-refractivity contribution >= 4 is 39.5 Å². The minimum atomic E-state index is -0.520. The Kier molecular flexibility index (Phi) is 9.43. The Morgan fingerprint density at radius 3 is 2.27 bits per heavy atom. The fourth-order valence-corrected chi connectivity index (χ4v) is 4.10. The summed E-state index contributed by atoms with van der Waals surface area (Å²) in [7, 11) is 0. The lowest BCUT2D eigenvalue weighted by Crippen LogP contribution is -2.53. The average molecular weight is 491 g/mol. The van der Waals surface area contributed by atoms with Crippen LogP contribution in [0.1, 0.15) is 38.8 Å². The van der Waals surface area contributed by atoms with E-state index in [2.05, 4.69) is 21.2 Å². The molecule has 162 valence electrons. The van der Waals surface area contributed by atoms with Crippen LogP contribution in [-0.2, 0) is 21.8 Å². The van der Waals surface area contributed by atoms with Crippen LogP contribution in [0, 0.1) is 0 Å². The van der Waals surface area contributed by atoms with Gasteiger partial charge < -0.3 is 10.2 Å². The third-order valence-corrected chi connectivity index (χ3v) is 6.07. The zero-order valence-electron chi connectivity index (χ0n) is 18.2. The van der Waals surface area contributed by atoms with E-state index < -0.39 is 6.04 Å². The highest BCUT2D eigenvalue weighted by Gasteiger charge is 2.27. The van der Waals surface area contributed by atoms with E-state index in [1.807, 2.05) is 82.3 Å². The highest BCUT2D eigenvalue weighted by molar-refractivity contribution is 9.10. The first-order valence-corrected chi connectivity index (χ1v) is 12.1. The van der Waals surface area contributed by atoms with Crippen LogP contribution in [0.5, 0.6) is 0 Å². The van der Waals surface area contributed by atoms with Crippen molar-refractivity contribution < 1.29 is 9.59 Å². The fraction of sp³-hybridized carbons (Fsp3) is 0.417. The van der Waals surface area contributed by atoms with E-state index >= 15 is 0 Å². The molecule has 0 fully saturated rings.